The standard InChI is InChI=1S/C31H34N2O3S/c1-8-33-30(34)28(37-31(33)32-29-20(3)10-9-11-21(29)4)17-24-12-13-26(27(16-24)35-7)36-18-25-22(5)14-19(2)15-23(25)6/h9-17H,8,18H2,1-7H3/b28-17+,32-31?. The summed E-state index contributed by atoms with van der Waals surface area (Å²) in [6, 6.07) is 16.2. The SMILES string of the molecule is CCN1C(=O)/C(=C\c2ccc(OCc3c(C)cc(C)cc3C)c(OC)c2)SC1=Nc1c(C)cccc1C. The Hall–Kier alpha value is -3.51. The van der Waals surface area contributed by atoms with Crippen molar-refractivity contribution in [2.75, 3.05) is 13.7 Å². The predicted octanol–water partition coefficient (Wildman–Crippen LogP) is 7.44. The number of hydrogen-bond acceptors (Lipinski definition) is 5. The van der Waals surface area contributed by atoms with Crippen LogP contribution in [0.3, 0.4) is 0 Å². The smallest absolute Gasteiger partial charge is 0.266 e. The average molecular weight is 515 g/mol. The van der Waals surface area contributed by atoms with E-state index in [-0.39, 0.29) is 5.91 Å². The van der Waals surface area contributed by atoms with Crippen LogP contribution >= 0.6 is 11.8 Å². The molecule has 0 radical (unpaired) electrons. The number of likely N-dealkylation sites (N-methyl/N-ethyl adjacent to an activating group) is 1. The lowest BCUT2D eigenvalue weighted by Crippen LogP contribution is -2.28. The summed E-state index contributed by atoms with van der Waals surface area (Å²) in [5.41, 5.74) is 8.82. The minimum Gasteiger partial charge on any atom is -0.493 e. The molecule has 5 nitrogen and oxygen atoms in total. The van der Waals surface area contributed by atoms with Crippen LogP contribution in [-0.4, -0.2) is 29.6 Å². The second kappa shape index (κ2) is 11.3. The zero-order valence-corrected chi connectivity index (χ0v) is 23.5. The quantitative estimate of drug-likeness (QED) is 0.308. The number of carbonyl (C=O) groups is 1. The van der Waals surface area contributed by atoms with Gasteiger partial charge in [0.25, 0.3) is 5.91 Å². The number of para-hydroxylation sites is 1. The largest absolute Gasteiger partial charge is 0.493 e. The van der Waals surface area contributed by atoms with Gasteiger partial charge in [-0.25, -0.2) is 4.99 Å². The van der Waals surface area contributed by atoms with Crippen molar-refractivity contribution in [1.29, 1.82) is 0 Å². The molecule has 0 saturated carbocycles. The number of methoxy groups -OCH3 is 1. The van der Waals surface area contributed by atoms with Gasteiger partial charge in [0.05, 0.1) is 17.7 Å². The second-order valence-corrected chi connectivity index (χ2v) is 10.4. The van der Waals surface area contributed by atoms with Gasteiger partial charge in [0.1, 0.15) is 6.61 Å². The number of amidine groups is 1. The number of ether oxygens (including phenoxy) is 2. The molecule has 3 aromatic rings. The van der Waals surface area contributed by atoms with Gasteiger partial charge in [-0.1, -0.05) is 42.0 Å². The monoisotopic (exact) mass is 514 g/mol. The van der Waals surface area contributed by atoms with Crippen LogP contribution < -0.4 is 9.47 Å². The first-order chi connectivity index (χ1) is 17.7. The third-order valence-electron chi connectivity index (χ3n) is 6.55. The summed E-state index contributed by atoms with van der Waals surface area (Å²) in [5.74, 6) is 1.26. The summed E-state index contributed by atoms with van der Waals surface area (Å²) >= 11 is 1.40. The molecule has 0 aromatic heterocycles. The second-order valence-electron chi connectivity index (χ2n) is 9.37. The van der Waals surface area contributed by atoms with Gasteiger partial charge in [-0.15, -0.1) is 0 Å². The van der Waals surface area contributed by atoms with Gasteiger partial charge in [0.2, 0.25) is 0 Å². The number of carbonyl (C=O) groups excluding carboxylic acids is 1. The number of aryl methyl sites for hydroxylation is 5. The summed E-state index contributed by atoms with van der Waals surface area (Å²) in [6.45, 7) is 13.4. The Morgan fingerprint density at radius 2 is 1.59 bits per heavy atom. The number of hydrogen-bond donors (Lipinski definition) is 0. The number of rotatable bonds is 7. The van der Waals surface area contributed by atoms with Crippen molar-refractivity contribution in [2.24, 2.45) is 4.99 Å². The molecule has 0 aliphatic carbocycles. The number of amides is 1. The maximum atomic E-state index is 13.2. The van der Waals surface area contributed by atoms with Gasteiger partial charge in [-0.2, -0.15) is 0 Å². The maximum absolute atomic E-state index is 13.2. The molecule has 1 amide bonds. The van der Waals surface area contributed by atoms with E-state index in [9.17, 15) is 4.79 Å². The van der Waals surface area contributed by atoms with Crippen LogP contribution in [0.5, 0.6) is 11.5 Å². The van der Waals surface area contributed by atoms with Gasteiger partial charge in [0, 0.05) is 6.54 Å². The molecule has 1 aliphatic rings. The van der Waals surface area contributed by atoms with Crippen LogP contribution in [0.4, 0.5) is 5.69 Å². The van der Waals surface area contributed by atoms with E-state index < -0.39 is 0 Å². The lowest BCUT2D eigenvalue weighted by Gasteiger charge is -2.15. The van der Waals surface area contributed by atoms with Crippen molar-refractivity contribution in [3.8, 4) is 11.5 Å². The topological polar surface area (TPSA) is 51.1 Å². The highest BCUT2D eigenvalue weighted by atomic mass is 32.2. The summed E-state index contributed by atoms with van der Waals surface area (Å²) in [4.78, 5) is 20.4. The Bertz CT molecular complexity index is 1360. The van der Waals surface area contributed by atoms with Crippen LogP contribution in [-0.2, 0) is 11.4 Å². The molecule has 192 valence electrons. The first-order valence-corrected chi connectivity index (χ1v) is 13.3. The summed E-state index contributed by atoms with van der Waals surface area (Å²) in [6.07, 6.45) is 1.89. The third kappa shape index (κ3) is 5.75. The lowest BCUT2D eigenvalue weighted by atomic mass is 10.0. The number of aliphatic imine (C=N–C) groups is 1. The molecule has 0 unspecified atom stereocenters. The van der Waals surface area contributed by atoms with Crippen molar-refractivity contribution < 1.29 is 14.3 Å². The first kappa shape index (κ1) is 26.6. The lowest BCUT2D eigenvalue weighted by molar-refractivity contribution is -0.122. The average Bonchev–Trinajstić information content (AvgIpc) is 3.15. The van der Waals surface area contributed by atoms with Crippen molar-refractivity contribution in [1.82, 2.24) is 4.90 Å². The normalized spacial score (nSPS) is 15.6. The Kier molecular flexibility index (Phi) is 8.08. The van der Waals surface area contributed by atoms with E-state index in [4.69, 9.17) is 14.5 Å². The highest BCUT2D eigenvalue weighted by Gasteiger charge is 2.32. The number of nitrogens with zero attached hydrogens (tertiary/aromatic N) is 2. The van der Waals surface area contributed by atoms with Gasteiger partial charge >= 0.3 is 0 Å². The molecule has 0 spiro atoms. The van der Waals surface area contributed by atoms with Crippen molar-refractivity contribution in [3.05, 3.63) is 92.4 Å². The fourth-order valence-corrected chi connectivity index (χ4v) is 5.63. The Morgan fingerprint density at radius 3 is 2.22 bits per heavy atom. The van der Waals surface area contributed by atoms with E-state index in [2.05, 4.69) is 32.9 Å². The van der Waals surface area contributed by atoms with E-state index in [1.54, 1.807) is 12.0 Å². The Labute approximate surface area is 224 Å². The van der Waals surface area contributed by atoms with E-state index in [1.165, 1.54) is 34.0 Å². The van der Waals surface area contributed by atoms with Gasteiger partial charge in [-0.05, 0) is 105 Å². The fraction of sp³-hybridized carbons (Fsp3) is 0.290. The molecule has 1 fully saturated rings. The Balaban J connectivity index is 1.58. The zero-order valence-electron chi connectivity index (χ0n) is 22.6. The minimum absolute atomic E-state index is 0.0397. The molecular weight excluding hydrogens is 480 g/mol. The van der Waals surface area contributed by atoms with E-state index in [1.807, 2.05) is 63.2 Å². The summed E-state index contributed by atoms with van der Waals surface area (Å²) in [7, 11) is 1.63. The molecule has 0 bridgehead atoms. The third-order valence-corrected chi connectivity index (χ3v) is 7.56. The van der Waals surface area contributed by atoms with Crippen LogP contribution in [0, 0.1) is 34.6 Å². The van der Waals surface area contributed by atoms with Crippen LogP contribution in [0.15, 0.2) is 58.4 Å². The molecule has 1 saturated heterocycles. The highest BCUT2D eigenvalue weighted by molar-refractivity contribution is 8.18. The van der Waals surface area contributed by atoms with E-state index in [0.717, 1.165) is 22.4 Å². The van der Waals surface area contributed by atoms with Crippen LogP contribution in [0.2, 0.25) is 0 Å². The minimum atomic E-state index is -0.0397. The van der Waals surface area contributed by atoms with Gasteiger partial charge in [0.15, 0.2) is 16.7 Å². The molecular formula is C31H34N2O3S. The molecule has 0 atom stereocenters. The highest BCUT2D eigenvalue weighted by Crippen LogP contribution is 2.37. The van der Waals surface area contributed by atoms with Crippen molar-refractivity contribution in [2.45, 2.75) is 48.1 Å². The zero-order chi connectivity index (χ0) is 26.7. The number of thioether (sulfide) groups is 1. The van der Waals surface area contributed by atoms with Gasteiger partial charge in [-0.3, -0.25) is 9.69 Å². The summed E-state index contributed by atoms with van der Waals surface area (Å²) < 4.78 is 11.8. The van der Waals surface area contributed by atoms with Crippen LogP contribution in [0.25, 0.3) is 6.08 Å². The van der Waals surface area contributed by atoms with Crippen LogP contribution in [0.1, 0.15) is 45.9 Å². The van der Waals surface area contributed by atoms with E-state index in [0.29, 0.717) is 34.7 Å². The predicted molar refractivity (Wildman–Crippen MR) is 154 cm³/mol. The molecule has 1 aliphatic heterocycles. The molecule has 4 rings (SSSR count). The molecule has 1 heterocycles. The molecule has 0 N–H and O–H groups in total. The van der Waals surface area contributed by atoms with Gasteiger partial charge < -0.3 is 9.47 Å². The molecule has 6 heteroatoms. The van der Waals surface area contributed by atoms with Crippen molar-refractivity contribution in [3.63, 3.8) is 0 Å². The van der Waals surface area contributed by atoms with Crippen molar-refractivity contribution >= 4 is 34.6 Å². The Morgan fingerprint density at radius 1 is 0.919 bits per heavy atom. The summed E-state index contributed by atoms with van der Waals surface area (Å²) in [5, 5.41) is 0.701. The van der Waals surface area contributed by atoms with E-state index >= 15 is 0 Å². The maximum Gasteiger partial charge on any atom is 0.266 e. The number of benzene rings is 3. The molecule has 3 aromatic carbocycles. The molecule has 37 heavy (non-hydrogen) atoms. The fourth-order valence-electron chi connectivity index (χ4n) is 4.58. The first-order valence-electron chi connectivity index (χ1n) is 12.5.